The summed E-state index contributed by atoms with van der Waals surface area (Å²) in [6.07, 6.45) is 5.35. The van der Waals surface area contributed by atoms with Crippen molar-refractivity contribution >= 4 is 11.8 Å². The van der Waals surface area contributed by atoms with Crippen LogP contribution in [0.15, 0.2) is 0 Å². The topological polar surface area (TPSA) is 53.7 Å². The molecule has 3 rings (SSSR count). The van der Waals surface area contributed by atoms with Crippen molar-refractivity contribution in [2.45, 2.75) is 50.0 Å². The van der Waals surface area contributed by atoms with Crippen molar-refractivity contribution in [3.63, 3.8) is 0 Å². The van der Waals surface area contributed by atoms with Gasteiger partial charge in [-0.05, 0) is 43.1 Å². The van der Waals surface area contributed by atoms with Crippen LogP contribution >= 0.6 is 11.8 Å². The summed E-state index contributed by atoms with van der Waals surface area (Å²) in [6.45, 7) is 2.30. The first-order chi connectivity index (χ1) is 9.27. The summed E-state index contributed by atoms with van der Waals surface area (Å²) in [7, 11) is 0. The van der Waals surface area contributed by atoms with Crippen LogP contribution in [0.2, 0.25) is 0 Å². The lowest BCUT2D eigenvalue weighted by molar-refractivity contribution is -0.112. The average Bonchev–Trinajstić information content (AvgIpc) is 2.92. The monoisotopic (exact) mass is 287 g/mol. The van der Waals surface area contributed by atoms with Gasteiger partial charge in [0.25, 0.3) is 0 Å². The maximum Gasteiger partial charge on any atom is 0.159 e. The number of rotatable bonds is 3. The molecule has 0 aromatic heterocycles. The zero-order valence-corrected chi connectivity index (χ0v) is 12.3. The van der Waals surface area contributed by atoms with E-state index in [4.69, 9.17) is 19.9 Å². The fraction of sp³-hybridized carbons (Fsp3) is 1.00. The quantitative estimate of drug-likeness (QED) is 0.857. The lowest BCUT2D eigenvalue weighted by Crippen LogP contribution is -2.48. The molecule has 0 saturated carbocycles. The zero-order valence-electron chi connectivity index (χ0n) is 11.5. The van der Waals surface area contributed by atoms with Crippen LogP contribution in [0.1, 0.15) is 32.1 Å². The van der Waals surface area contributed by atoms with E-state index in [1.807, 2.05) is 11.8 Å². The van der Waals surface area contributed by atoms with E-state index >= 15 is 0 Å². The van der Waals surface area contributed by atoms with Crippen LogP contribution in [0.4, 0.5) is 0 Å². The van der Waals surface area contributed by atoms with Crippen LogP contribution in [-0.2, 0) is 14.2 Å². The molecule has 1 spiro atoms. The van der Waals surface area contributed by atoms with Crippen LogP contribution in [0.5, 0.6) is 0 Å². The summed E-state index contributed by atoms with van der Waals surface area (Å²) >= 11 is 2.05. The number of hydrogen-bond donors (Lipinski definition) is 1. The van der Waals surface area contributed by atoms with Crippen molar-refractivity contribution < 1.29 is 14.2 Å². The third kappa shape index (κ3) is 3.45. The maximum atomic E-state index is 6.40. The van der Waals surface area contributed by atoms with Gasteiger partial charge in [0.2, 0.25) is 0 Å². The van der Waals surface area contributed by atoms with E-state index in [1.54, 1.807) is 0 Å². The summed E-state index contributed by atoms with van der Waals surface area (Å²) in [5, 5.41) is 0. The largest absolute Gasteiger partial charge is 0.375 e. The fourth-order valence-corrected chi connectivity index (χ4v) is 4.72. The Bertz CT molecular complexity index is 285. The van der Waals surface area contributed by atoms with Gasteiger partial charge in [-0.1, -0.05) is 0 Å². The zero-order chi connectivity index (χ0) is 13.1. The first-order valence-electron chi connectivity index (χ1n) is 7.48. The van der Waals surface area contributed by atoms with Crippen molar-refractivity contribution in [1.82, 2.24) is 0 Å². The minimum atomic E-state index is -0.0734. The summed E-state index contributed by atoms with van der Waals surface area (Å²) in [5.74, 6) is 3.03. The molecule has 3 saturated heterocycles. The van der Waals surface area contributed by atoms with E-state index in [-0.39, 0.29) is 17.9 Å². The number of ether oxygens (including phenoxy) is 3. The molecule has 110 valence electrons. The first-order valence-corrected chi connectivity index (χ1v) is 8.63. The molecule has 2 N–H and O–H groups in total. The molecule has 3 fully saturated rings. The number of hydrogen-bond acceptors (Lipinski definition) is 5. The van der Waals surface area contributed by atoms with E-state index in [1.165, 1.54) is 24.3 Å². The van der Waals surface area contributed by atoms with Crippen LogP contribution < -0.4 is 5.73 Å². The van der Waals surface area contributed by atoms with Gasteiger partial charge >= 0.3 is 0 Å². The second-order valence-electron chi connectivity index (χ2n) is 5.97. The third-order valence-corrected chi connectivity index (χ3v) is 5.68. The predicted molar refractivity (Wildman–Crippen MR) is 76.3 cm³/mol. The van der Waals surface area contributed by atoms with E-state index in [0.29, 0.717) is 19.1 Å². The Kier molecular flexibility index (Phi) is 4.70. The van der Waals surface area contributed by atoms with Gasteiger partial charge < -0.3 is 19.9 Å². The van der Waals surface area contributed by atoms with Gasteiger partial charge in [-0.2, -0.15) is 11.8 Å². The van der Waals surface area contributed by atoms with Crippen LogP contribution in [-0.4, -0.2) is 49.3 Å². The fourth-order valence-electron chi connectivity index (χ4n) is 3.48. The Morgan fingerprint density at radius 3 is 2.63 bits per heavy atom. The smallest absolute Gasteiger partial charge is 0.159 e. The Balaban J connectivity index is 1.54. The second kappa shape index (κ2) is 6.31. The molecule has 4 nitrogen and oxygen atoms in total. The summed E-state index contributed by atoms with van der Waals surface area (Å²) in [4.78, 5) is 0. The van der Waals surface area contributed by atoms with Crippen molar-refractivity contribution in [2.75, 3.05) is 31.3 Å². The molecule has 5 heteroatoms. The standard InChI is InChI=1S/C14H25NO3S/c15-12(9-13-16-5-6-17-13)11-1-4-18-14(10-11)2-7-19-8-3-14/h11-13H,1-10,15H2. The normalized spacial score (nSPS) is 33.6. The molecule has 2 unspecified atom stereocenters. The number of nitrogens with two attached hydrogens (primary N) is 1. The Labute approximate surface area is 119 Å². The average molecular weight is 287 g/mol. The first kappa shape index (κ1) is 14.1. The molecule has 0 radical (unpaired) electrons. The SMILES string of the molecule is NC(CC1OCCO1)C1CCOC2(CCSCC2)C1. The molecule has 3 aliphatic rings. The molecule has 0 bridgehead atoms. The molecule has 3 aliphatic heterocycles. The molecule has 0 aromatic carbocycles. The van der Waals surface area contributed by atoms with Crippen LogP contribution in [0.25, 0.3) is 0 Å². The minimum absolute atomic E-state index is 0.0734. The lowest BCUT2D eigenvalue weighted by Gasteiger charge is -2.45. The van der Waals surface area contributed by atoms with Gasteiger partial charge in [-0.3, -0.25) is 0 Å². The van der Waals surface area contributed by atoms with Gasteiger partial charge in [0.05, 0.1) is 18.8 Å². The van der Waals surface area contributed by atoms with Crippen molar-refractivity contribution in [3.8, 4) is 0 Å². The molecule has 0 aromatic rings. The summed E-state index contributed by atoms with van der Waals surface area (Å²) in [5.41, 5.74) is 6.53. The van der Waals surface area contributed by atoms with Crippen molar-refractivity contribution in [2.24, 2.45) is 11.7 Å². The highest BCUT2D eigenvalue weighted by Gasteiger charge is 2.40. The lowest BCUT2D eigenvalue weighted by atomic mass is 9.78. The highest BCUT2D eigenvalue weighted by atomic mass is 32.2. The summed E-state index contributed by atoms with van der Waals surface area (Å²) < 4.78 is 17.2. The van der Waals surface area contributed by atoms with E-state index in [9.17, 15) is 0 Å². The van der Waals surface area contributed by atoms with E-state index in [0.717, 1.165) is 25.9 Å². The molecule has 3 heterocycles. The second-order valence-corrected chi connectivity index (χ2v) is 7.19. The molecule has 0 aliphatic carbocycles. The maximum absolute atomic E-state index is 6.40. The van der Waals surface area contributed by atoms with Crippen molar-refractivity contribution in [1.29, 1.82) is 0 Å². The van der Waals surface area contributed by atoms with Gasteiger partial charge in [0.1, 0.15) is 0 Å². The van der Waals surface area contributed by atoms with Gasteiger partial charge in [-0.25, -0.2) is 0 Å². The van der Waals surface area contributed by atoms with Crippen LogP contribution in [0.3, 0.4) is 0 Å². The molecule has 2 atom stereocenters. The van der Waals surface area contributed by atoms with Crippen molar-refractivity contribution in [3.05, 3.63) is 0 Å². The predicted octanol–water partition coefficient (Wildman–Crippen LogP) is 1.77. The Morgan fingerprint density at radius 1 is 1.16 bits per heavy atom. The molecule has 19 heavy (non-hydrogen) atoms. The highest BCUT2D eigenvalue weighted by molar-refractivity contribution is 7.99. The van der Waals surface area contributed by atoms with Crippen LogP contribution in [0, 0.1) is 5.92 Å². The molecular weight excluding hydrogens is 262 g/mol. The summed E-state index contributed by atoms with van der Waals surface area (Å²) in [6, 6.07) is 0.179. The highest BCUT2D eigenvalue weighted by Crippen LogP contribution is 2.41. The Hall–Kier alpha value is 0.190. The Morgan fingerprint density at radius 2 is 1.89 bits per heavy atom. The van der Waals surface area contributed by atoms with E-state index < -0.39 is 0 Å². The van der Waals surface area contributed by atoms with Gasteiger partial charge in [0, 0.05) is 19.1 Å². The third-order valence-electron chi connectivity index (χ3n) is 4.70. The number of thioether (sulfide) groups is 1. The molecule has 0 amide bonds. The van der Waals surface area contributed by atoms with Gasteiger partial charge in [-0.15, -0.1) is 0 Å². The molecular formula is C14H25NO3S. The van der Waals surface area contributed by atoms with E-state index in [2.05, 4.69) is 0 Å². The minimum Gasteiger partial charge on any atom is -0.375 e. The van der Waals surface area contributed by atoms with Gasteiger partial charge in [0.15, 0.2) is 6.29 Å².